The number of halogens is 1. The fourth-order valence-electron chi connectivity index (χ4n) is 4.87. The first-order chi connectivity index (χ1) is 14.9. The van der Waals surface area contributed by atoms with Crippen LogP contribution >= 0.6 is 11.6 Å². The summed E-state index contributed by atoms with van der Waals surface area (Å²) < 4.78 is 21.9. The smallest absolute Gasteiger partial charge is 0.217 e. The lowest BCUT2D eigenvalue weighted by molar-refractivity contribution is -0.122. The van der Waals surface area contributed by atoms with Gasteiger partial charge >= 0.3 is 0 Å². The van der Waals surface area contributed by atoms with E-state index in [4.69, 9.17) is 30.5 Å². The second-order valence-electron chi connectivity index (χ2n) is 7.89. The lowest BCUT2D eigenvalue weighted by atomic mass is 9.65. The highest BCUT2D eigenvalue weighted by Crippen LogP contribution is 2.54. The van der Waals surface area contributed by atoms with Crippen molar-refractivity contribution in [2.24, 2.45) is 0 Å². The molecule has 0 heterocycles. The summed E-state index contributed by atoms with van der Waals surface area (Å²) in [4.78, 5) is 0. The molecule has 31 heavy (non-hydrogen) atoms. The van der Waals surface area contributed by atoms with Gasteiger partial charge in [-0.25, -0.2) is 0 Å². The van der Waals surface area contributed by atoms with Gasteiger partial charge in [-0.2, -0.15) is 0 Å². The van der Waals surface area contributed by atoms with Gasteiger partial charge in [0.1, 0.15) is 17.1 Å². The molecule has 3 unspecified atom stereocenters. The van der Waals surface area contributed by atoms with Crippen molar-refractivity contribution in [2.75, 3.05) is 28.1 Å². The predicted molar refractivity (Wildman–Crippen MR) is 116 cm³/mol. The molecule has 0 bridgehead atoms. The normalized spacial score (nSPS) is 30.0. The van der Waals surface area contributed by atoms with Crippen LogP contribution in [-0.2, 0) is 25.4 Å². The summed E-state index contributed by atoms with van der Waals surface area (Å²) >= 11 is 6.65. The minimum absolute atomic E-state index is 0.0906. The Morgan fingerprint density at radius 3 is 2.61 bits per heavy atom. The van der Waals surface area contributed by atoms with E-state index in [1.807, 2.05) is 18.2 Å². The minimum Gasteiger partial charge on any atom is -0.496 e. The Bertz CT molecular complexity index is 994. The third-order valence-corrected chi connectivity index (χ3v) is 6.54. The molecule has 4 rings (SSSR count). The van der Waals surface area contributed by atoms with Gasteiger partial charge in [0.05, 0.1) is 17.7 Å². The Morgan fingerprint density at radius 1 is 1.13 bits per heavy atom. The van der Waals surface area contributed by atoms with E-state index in [2.05, 4.69) is 6.07 Å². The van der Waals surface area contributed by atoms with E-state index in [1.165, 1.54) is 33.0 Å². The third kappa shape index (κ3) is 3.52. The number of allylic oxidation sites excluding steroid dienone is 2. The molecule has 2 N–H and O–H groups in total. The molecular formula is C24H27ClO6. The van der Waals surface area contributed by atoms with Crippen LogP contribution < -0.4 is 0 Å². The van der Waals surface area contributed by atoms with Gasteiger partial charge in [-0.05, 0) is 48.6 Å². The quantitative estimate of drug-likeness (QED) is 0.649. The second-order valence-corrected chi connectivity index (χ2v) is 8.30. The van der Waals surface area contributed by atoms with Crippen LogP contribution in [0.4, 0.5) is 0 Å². The third-order valence-electron chi connectivity index (χ3n) is 6.26. The van der Waals surface area contributed by atoms with Gasteiger partial charge < -0.3 is 29.2 Å². The molecule has 166 valence electrons. The number of aliphatic hydroxyl groups is 2. The van der Waals surface area contributed by atoms with E-state index in [-0.39, 0.29) is 29.1 Å². The van der Waals surface area contributed by atoms with Crippen molar-refractivity contribution in [3.8, 4) is 0 Å². The van der Waals surface area contributed by atoms with Crippen LogP contribution in [-0.4, -0.2) is 49.7 Å². The molecule has 1 aromatic rings. The largest absolute Gasteiger partial charge is 0.496 e. The molecule has 0 amide bonds. The number of aryl methyl sites for hydroxylation is 1. The highest BCUT2D eigenvalue weighted by molar-refractivity contribution is 6.32. The number of hydrogen-bond acceptors (Lipinski definition) is 6. The minimum atomic E-state index is -1.86. The second kappa shape index (κ2) is 8.45. The Balaban J connectivity index is 1.97. The number of ether oxygens (including phenoxy) is 4. The van der Waals surface area contributed by atoms with E-state index in [0.29, 0.717) is 11.3 Å². The summed E-state index contributed by atoms with van der Waals surface area (Å²) in [6.45, 7) is -0.0906. The van der Waals surface area contributed by atoms with Crippen LogP contribution in [0.5, 0.6) is 0 Å². The summed E-state index contributed by atoms with van der Waals surface area (Å²) in [6.07, 6.45) is 7.24. The van der Waals surface area contributed by atoms with Crippen molar-refractivity contribution >= 4 is 11.6 Å². The van der Waals surface area contributed by atoms with Crippen molar-refractivity contribution in [1.29, 1.82) is 0 Å². The van der Waals surface area contributed by atoms with Crippen molar-refractivity contribution in [3.05, 3.63) is 81.3 Å². The van der Waals surface area contributed by atoms with Crippen LogP contribution in [0, 0.1) is 0 Å². The highest BCUT2D eigenvalue weighted by Gasteiger charge is 2.54. The van der Waals surface area contributed by atoms with Crippen LogP contribution in [0.25, 0.3) is 0 Å². The predicted octanol–water partition coefficient (Wildman–Crippen LogP) is 3.65. The number of fused-ring (bicyclic) bond motifs is 2. The molecular weight excluding hydrogens is 420 g/mol. The van der Waals surface area contributed by atoms with Gasteiger partial charge in [0, 0.05) is 25.7 Å². The molecule has 0 aliphatic heterocycles. The molecule has 6 nitrogen and oxygen atoms in total. The summed E-state index contributed by atoms with van der Waals surface area (Å²) in [6, 6.07) is 8.09. The number of benzene rings is 1. The monoisotopic (exact) mass is 446 g/mol. The Labute approximate surface area is 187 Å². The Kier molecular flexibility index (Phi) is 6.03. The average Bonchev–Trinajstić information content (AvgIpc) is 2.79. The van der Waals surface area contributed by atoms with E-state index in [9.17, 15) is 10.2 Å². The number of rotatable bonds is 6. The standard InChI is InChI=1S/C24H27ClO6/c1-28-14-31-22-18(25)13-23(26,17-10-6-8-15-7-4-5-9-16(15)17)20-19(29-2)11-12-24(27,30-3)21(20)22/h4-5,7,9,11-13,17,26-27H,6,8,10,14H2,1-3H3. The van der Waals surface area contributed by atoms with E-state index in [1.54, 1.807) is 12.2 Å². The average molecular weight is 447 g/mol. The fourth-order valence-corrected chi connectivity index (χ4v) is 5.18. The molecule has 1 aromatic carbocycles. The summed E-state index contributed by atoms with van der Waals surface area (Å²) in [7, 11) is 4.38. The molecule has 3 aliphatic carbocycles. The van der Waals surface area contributed by atoms with Crippen molar-refractivity contribution in [3.63, 3.8) is 0 Å². The first kappa shape index (κ1) is 22.1. The zero-order chi connectivity index (χ0) is 22.2. The van der Waals surface area contributed by atoms with Crippen molar-refractivity contribution in [1.82, 2.24) is 0 Å². The Morgan fingerprint density at radius 2 is 1.90 bits per heavy atom. The first-order valence-corrected chi connectivity index (χ1v) is 10.6. The lowest BCUT2D eigenvalue weighted by Gasteiger charge is -2.46. The molecule has 7 heteroatoms. The van der Waals surface area contributed by atoms with Crippen LogP contribution in [0.1, 0.15) is 29.9 Å². The summed E-state index contributed by atoms with van der Waals surface area (Å²) in [5, 5.41) is 23.8. The summed E-state index contributed by atoms with van der Waals surface area (Å²) in [5.41, 5.74) is 1.28. The molecule has 0 spiro atoms. The highest BCUT2D eigenvalue weighted by atomic mass is 35.5. The molecule has 0 radical (unpaired) electrons. The van der Waals surface area contributed by atoms with Gasteiger partial charge in [-0.1, -0.05) is 35.9 Å². The first-order valence-electron chi connectivity index (χ1n) is 10.2. The zero-order valence-corrected chi connectivity index (χ0v) is 18.6. The molecule has 3 atom stereocenters. The number of methoxy groups -OCH3 is 3. The van der Waals surface area contributed by atoms with Crippen LogP contribution in [0.3, 0.4) is 0 Å². The topological polar surface area (TPSA) is 77.4 Å². The molecule has 0 saturated heterocycles. The Hall–Kier alpha value is -2.09. The maximum Gasteiger partial charge on any atom is 0.217 e. The molecule has 0 fully saturated rings. The number of hydrogen-bond donors (Lipinski definition) is 2. The van der Waals surface area contributed by atoms with Gasteiger partial charge in [0.15, 0.2) is 6.79 Å². The molecule has 0 aromatic heterocycles. The van der Waals surface area contributed by atoms with Gasteiger partial charge in [-0.3, -0.25) is 0 Å². The van der Waals surface area contributed by atoms with E-state index < -0.39 is 11.4 Å². The van der Waals surface area contributed by atoms with Crippen LogP contribution in [0.15, 0.2) is 70.2 Å². The fraction of sp³-hybridized carbons (Fsp3) is 0.417. The van der Waals surface area contributed by atoms with E-state index >= 15 is 0 Å². The van der Waals surface area contributed by atoms with E-state index in [0.717, 1.165) is 24.8 Å². The van der Waals surface area contributed by atoms with Gasteiger partial charge in [0.2, 0.25) is 5.79 Å². The molecule has 3 aliphatic rings. The van der Waals surface area contributed by atoms with Crippen molar-refractivity contribution in [2.45, 2.75) is 36.6 Å². The van der Waals surface area contributed by atoms with Gasteiger partial charge in [-0.15, -0.1) is 0 Å². The van der Waals surface area contributed by atoms with Gasteiger partial charge in [0.25, 0.3) is 0 Å². The SMILES string of the molecule is COCOC1=C2C(=C(OC)C=CC2(O)OC)C(O)(C2CCCc3ccccc32)C=C1Cl. The van der Waals surface area contributed by atoms with Crippen LogP contribution in [0.2, 0.25) is 0 Å². The maximum atomic E-state index is 12.3. The molecule has 0 saturated carbocycles. The van der Waals surface area contributed by atoms with Crippen molar-refractivity contribution < 1.29 is 29.2 Å². The summed E-state index contributed by atoms with van der Waals surface area (Å²) in [5.74, 6) is -1.58. The maximum absolute atomic E-state index is 12.3. The lowest BCUT2D eigenvalue weighted by Crippen LogP contribution is -2.48. The zero-order valence-electron chi connectivity index (χ0n) is 17.9.